The number of thioether (sulfide) groups is 2. The highest BCUT2D eigenvalue weighted by Crippen LogP contribution is 2.33. The summed E-state index contributed by atoms with van der Waals surface area (Å²) in [5, 5.41) is 6.80. The Morgan fingerprint density at radius 1 is 1.21 bits per heavy atom. The van der Waals surface area contributed by atoms with Crippen LogP contribution in [0.15, 0.2) is 40.2 Å². The Morgan fingerprint density at radius 3 is 2.62 bits per heavy atom. The van der Waals surface area contributed by atoms with Gasteiger partial charge in [0.1, 0.15) is 0 Å². The number of ether oxygens (including phenoxy) is 1. The van der Waals surface area contributed by atoms with Gasteiger partial charge in [0.2, 0.25) is 0 Å². The first-order chi connectivity index (χ1) is 11.8. The molecule has 1 heterocycles. The van der Waals surface area contributed by atoms with Gasteiger partial charge in [0.25, 0.3) is 0 Å². The van der Waals surface area contributed by atoms with Gasteiger partial charge in [-0.15, -0.1) is 11.8 Å². The molecule has 0 spiro atoms. The van der Waals surface area contributed by atoms with Gasteiger partial charge >= 0.3 is 0 Å². The van der Waals surface area contributed by atoms with Crippen LogP contribution in [-0.2, 0) is 4.74 Å². The van der Waals surface area contributed by atoms with Crippen LogP contribution in [0.5, 0.6) is 0 Å². The van der Waals surface area contributed by atoms with E-state index < -0.39 is 0 Å². The predicted molar refractivity (Wildman–Crippen MR) is 107 cm³/mol. The molecule has 0 saturated carbocycles. The van der Waals surface area contributed by atoms with Crippen LogP contribution in [0.4, 0.5) is 0 Å². The largest absolute Gasteiger partial charge is 0.381 e. The van der Waals surface area contributed by atoms with Crippen LogP contribution >= 0.6 is 23.5 Å². The lowest BCUT2D eigenvalue weighted by Gasteiger charge is -2.34. The summed E-state index contributed by atoms with van der Waals surface area (Å²) in [4.78, 5) is 6.14. The van der Waals surface area contributed by atoms with Gasteiger partial charge in [0, 0.05) is 41.7 Å². The number of nitrogens with one attached hydrogen (secondary N) is 2. The Kier molecular flexibility index (Phi) is 8.84. The third-order valence-corrected chi connectivity index (χ3v) is 6.53. The molecular weight excluding hydrogens is 338 g/mol. The van der Waals surface area contributed by atoms with E-state index in [-0.39, 0.29) is 4.75 Å². The van der Waals surface area contributed by atoms with E-state index >= 15 is 0 Å². The van der Waals surface area contributed by atoms with Crippen molar-refractivity contribution in [3.8, 4) is 0 Å². The second kappa shape index (κ2) is 10.9. The standard InChI is InChI=1S/C18H29N3OS2/c1-3-19-17(20-11-14-24-16-7-5-4-6-8-16)21-15-18(23-2)9-12-22-13-10-18/h4-8H,3,9-15H2,1-2H3,(H2,19,20,21). The molecule has 0 atom stereocenters. The van der Waals surface area contributed by atoms with Gasteiger partial charge in [0.05, 0.1) is 6.54 Å². The van der Waals surface area contributed by atoms with Gasteiger partial charge in [-0.05, 0) is 38.2 Å². The van der Waals surface area contributed by atoms with E-state index in [9.17, 15) is 0 Å². The lowest BCUT2D eigenvalue weighted by molar-refractivity contribution is 0.0794. The molecule has 0 unspecified atom stereocenters. The van der Waals surface area contributed by atoms with Crippen molar-refractivity contribution < 1.29 is 4.74 Å². The number of nitrogens with zero attached hydrogens (tertiary/aromatic N) is 1. The SMILES string of the molecule is CCNC(=NCC1(SC)CCOCC1)NCCSc1ccccc1. The molecule has 0 bridgehead atoms. The van der Waals surface area contributed by atoms with Crippen LogP contribution < -0.4 is 10.6 Å². The summed E-state index contributed by atoms with van der Waals surface area (Å²) in [5.74, 6) is 1.95. The fourth-order valence-corrected chi connectivity index (χ4v) is 4.15. The average Bonchev–Trinajstić information content (AvgIpc) is 2.65. The van der Waals surface area contributed by atoms with Crippen molar-refractivity contribution in [1.82, 2.24) is 10.6 Å². The van der Waals surface area contributed by atoms with Crippen molar-refractivity contribution in [2.75, 3.05) is 44.9 Å². The van der Waals surface area contributed by atoms with Crippen molar-refractivity contribution >= 4 is 29.5 Å². The Morgan fingerprint density at radius 2 is 1.96 bits per heavy atom. The molecule has 1 aromatic carbocycles. The first-order valence-electron chi connectivity index (χ1n) is 8.61. The van der Waals surface area contributed by atoms with E-state index in [2.05, 4.69) is 54.1 Å². The quantitative estimate of drug-likeness (QED) is 0.320. The number of benzene rings is 1. The van der Waals surface area contributed by atoms with Crippen LogP contribution in [0, 0.1) is 0 Å². The van der Waals surface area contributed by atoms with Crippen LogP contribution in [0.3, 0.4) is 0 Å². The number of hydrogen-bond donors (Lipinski definition) is 2. The van der Waals surface area contributed by atoms with Gasteiger partial charge < -0.3 is 15.4 Å². The monoisotopic (exact) mass is 367 g/mol. The van der Waals surface area contributed by atoms with E-state index in [1.807, 2.05) is 23.5 Å². The van der Waals surface area contributed by atoms with Crippen molar-refractivity contribution in [3.05, 3.63) is 30.3 Å². The number of guanidine groups is 1. The lowest BCUT2D eigenvalue weighted by Crippen LogP contribution is -2.41. The number of rotatable bonds is 8. The molecule has 134 valence electrons. The highest BCUT2D eigenvalue weighted by atomic mass is 32.2. The Labute approximate surface area is 154 Å². The zero-order valence-electron chi connectivity index (χ0n) is 14.7. The molecule has 1 aromatic rings. The molecule has 1 aliphatic heterocycles. The van der Waals surface area contributed by atoms with Gasteiger partial charge in [-0.3, -0.25) is 4.99 Å². The van der Waals surface area contributed by atoms with E-state index in [1.165, 1.54) is 4.90 Å². The molecular formula is C18H29N3OS2. The normalized spacial score (nSPS) is 17.5. The van der Waals surface area contributed by atoms with Crippen LogP contribution in [-0.4, -0.2) is 55.6 Å². The van der Waals surface area contributed by atoms with Crippen molar-refractivity contribution in [1.29, 1.82) is 0 Å². The fraction of sp³-hybridized carbons (Fsp3) is 0.611. The molecule has 0 aromatic heterocycles. The topological polar surface area (TPSA) is 45.7 Å². The van der Waals surface area contributed by atoms with Crippen LogP contribution in [0.25, 0.3) is 0 Å². The highest BCUT2D eigenvalue weighted by Gasteiger charge is 2.31. The van der Waals surface area contributed by atoms with Crippen molar-refractivity contribution in [3.63, 3.8) is 0 Å². The molecule has 6 heteroatoms. The molecule has 4 nitrogen and oxygen atoms in total. The second-order valence-electron chi connectivity index (χ2n) is 5.78. The Balaban J connectivity index is 1.79. The summed E-state index contributed by atoms with van der Waals surface area (Å²) < 4.78 is 5.74. The maximum Gasteiger partial charge on any atom is 0.191 e. The highest BCUT2D eigenvalue weighted by molar-refractivity contribution is 8.00. The molecule has 0 aliphatic carbocycles. The molecule has 0 radical (unpaired) electrons. The average molecular weight is 368 g/mol. The zero-order valence-corrected chi connectivity index (χ0v) is 16.3. The third-order valence-electron chi connectivity index (χ3n) is 4.11. The fourth-order valence-electron chi connectivity index (χ4n) is 2.59. The summed E-state index contributed by atoms with van der Waals surface area (Å²) in [6, 6.07) is 10.5. The van der Waals surface area contributed by atoms with Crippen molar-refractivity contribution in [2.45, 2.75) is 29.4 Å². The summed E-state index contributed by atoms with van der Waals surface area (Å²) >= 11 is 3.80. The zero-order chi connectivity index (χ0) is 17.1. The van der Waals surface area contributed by atoms with Crippen molar-refractivity contribution in [2.24, 2.45) is 4.99 Å². The van der Waals surface area contributed by atoms with Crippen LogP contribution in [0.2, 0.25) is 0 Å². The molecule has 0 amide bonds. The first kappa shape index (κ1) is 19.5. The maximum absolute atomic E-state index is 5.51. The minimum absolute atomic E-state index is 0.236. The lowest BCUT2D eigenvalue weighted by atomic mass is 9.99. The van der Waals surface area contributed by atoms with Crippen LogP contribution in [0.1, 0.15) is 19.8 Å². The number of aliphatic imine (C=N–C) groups is 1. The third kappa shape index (κ3) is 6.57. The second-order valence-corrected chi connectivity index (χ2v) is 8.23. The molecule has 1 aliphatic rings. The van der Waals surface area contributed by atoms with E-state index in [0.29, 0.717) is 0 Å². The molecule has 24 heavy (non-hydrogen) atoms. The molecule has 2 rings (SSSR count). The maximum atomic E-state index is 5.51. The van der Waals surface area contributed by atoms with E-state index in [1.54, 1.807) is 0 Å². The van der Waals surface area contributed by atoms with Gasteiger partial charge in [0.15, 0.2) is 5.96 Å². The smallest absolute Gasteiger partial charge is 0.191 e. The Hall–Kier alpha value is -0.850. The molecule has 1 fully saturated rings. The summed E-state index contributed by atoms with van der Waals surface area (Å²) in [5.41, 5.74) is 0. The number of hydrogen-bond acceptors (Lipinski definition) is 4. The first-order valence-corrected chi connectivity index (χ1v) is 10.8. The minimum atomic E-state index is 0.236. The summed E-state index contributed by atoms with van der Waals surface area (Å²) in [7, 11) is 0. The van der Waals surface area contributed by atoms with E-state index in [4.69, 9.17) is 9.73 Å². The summed E-state index contributed by atoms with van der Waals surface area (Å²) in [6.07, 6.45) is 4.36. The van der Waals surface area contributed by atoms with Gasteiger partial charge in [-0.2, -0.15) is 11.8 Å². The molecule has 2 N–H and O–H groups in total. The summed E-state index contributed by atoms with van der Waals surface area (Å²) in [6.45, 7) is 6.45. The molecule has 1 saturated heterocycles. The Bertz CT molecular complexity index is 490. The predicted octanol–water partition coefficient (Wildman–Crippen LogP) is 3.25. The van der Waals surface area contributed by atoms with E-state index in [0.717, 1.165) is 57.4 Å². The minimum Gasteiger partial charge on any atom is -0.381 e. The van der Waals surface area contributed by atoms with Gasteiger partial charge in [-0.25, -0.2) is 0 Å². The van der Waals surface area contributed by atoms with Gasteiger partial charge in [-0.1, -0.05) is 18.2 Å².